The summed E-state index contributed by atoms with van der Waals surface area (Å²) in [6.07, 6.45) is 0.847. The number of aliphatic hydroxyl groups is 1. The second-order valence-electron chi connectivity index (χ2n) is 7.34. The van der Waals surface area contributed by atoms with Crippen LogP contribution in [0.2, 0.25) is 0 Å². The largest absolute Gasteiger partial charge is 0.392 e. The summed E-state index contributed by atoms with van der Waals surface area (Å²) in [6.45, 7) is 11.7. The molecule has 0 amide bonds. The van der Waals surface area contributed by atoms with Gasteiger partial charge in [0.1, 0.15) is 6.17 Å². The van der Waals surface area contributed by atoms with E-state index < -0.39 is 0 Å². The monoisotopic (exact) mass is 338 g/mol. The van der Waals surface area contributed by atoms with Crippen LogP contribution in [-0.2, 0) is 0 Å². The van der Waals surface area contributed by atoms with Gasteiger partial charge in [-0.25, -0.2) is 5.32 Å². The number of hydrogen-bond acceptors (Lipinski definition) is 7. The smallest absolute Gasteiger partial charge is 0.174 e. The van der Waals surface area contributed by atoms with Crippen LogP contribution in [0.25, 0.3) is 0 Å². The molecule has 24 heavy (non-hydrogen) atoms. The van der Waals surface area contributed by atoms with Crippen LogP contribution in [0.15, 0.2) is 0 Å². The Labute approximate surface area is 144 Å². The second kappa shape index (κ2) is 7.51. The Bertz CT molecular complexity index is 406. The minimum Gasteiger partial charge on any atom is -0.392 e. The van der Waals surface area contributed by atoms with E-state index in [0.29, 0.717) is 0 Å². The van der Waals surface area contributed by atoms with Crippen molar-refractivity contribution in [2.45, 2.75) is 24.5 Å². The van der Waals surface area contributed by atoms with Crippen LogP contribution in [0.1, 0.15) is 6.42 Å². The lowest BCUT2D eigenvalue weighted by Gasteiger charge is -2.58. The highest BCUT2D eigenvalue weighted by atomic mass is 16.3. The first-order chi connectivity index (χ1) is 11.8. The molecule has 0 bridgehead atoms. The first-order valence-electron chi connectivity index (χ1n) is 9.56. The maximum Gasteiger partial charge on any atom is 0.174 e. The molecule has 0 aromatic rings. The summed E-state index contributed by atoms with van der Waals surface area (Å²) in [5.41, 5.74) is 0. The van der Waals surface area contributed by atoms with Crippen molar-refractivity contribution in [1.82, 2.24) is 36.0 Å². The molecule has 0 aliphatic carbocycles. The average molecular weight is 338 g/mol. The zero-order valence-electron chi connectivity index (χ0n) is 14.6. The molecule has 4 saturated heterocycles. The van der Waals surface area contributed by atoms with Crippen molar-refractivity contribution < 1.29 is 5.11 Å². The van der Waals surface area contributed by atoms with Crippen LogP contribution in [0, 0.1) is 0 Å². The van der Waals surface area contributed by atoms with Gasteiger partial charge in [-0.15, -0.1) is 0 Å². The van der Waals surface area contributed by atoms with Crippen molar-refractivity contribution in [3.63, 3.8) is 0 Å². The molecule has 4 heterocycles. The number of likely N-dealkylation sites (tertiary alicyclic amines) is 1. The number of aliphatic hydroxyl groups excluding tert-OH is 1. The molecule has 4 aliphatic heterocycles. The van der Waals surface area contributed by atoms with Gasteiger partial charge in [0, 0.05) is 78.5 Å². The van der Waals surface area contributed by atoms with Crippen LogP contribution >= 0.6 is 0 Å². The van der Waals surface area contributed by atoms with E-state index in [-0.39, 0.29) is 18.1 Å². The minimum absolute atomic E-state index is 0.205. The van der Waals surface area contributed by atoms with E-state index in [4.69, 9.17) is 5.32 Å². The minimum atomic E-state index is -0.338. The summed E-state index contributed by atoms with van der Waals surface area (Å²) < 4.78 is 0. The maximum atomic E-state index is 10.2. The van der Waals surface area contributed by atoms with Gasteiger partial charge in [-0.1, -0.05) is 0 Å². The van der Waals surface area contributed by atoms with Crippen molar-refractivity contribution in [2.24, 2.45) is 0 Å². The number of β-amino-alcohol motifs (C(OH)–C–C–N with tert-alkyl or cyclic N) is 1. The third kappa shape index (κ3) is 3.10. The highest BCUT2D eigenvalue weighted by Gasteiger charge is 2.54. The fraction of sp³-hybridized carbons (Fsp3) is 1.00. The molecule has 3 unspecified atom stereocenters. The third-order valence-corrected chi connectivity index (χ3v) is 5.89. The van der Waals surface area contributed by atoms with Gasteiger partial charge in [-0.3, -0.25) is 20.0 Å². The lowest BCUT2D eigenvalue weighted by atomic mass is 10.1. The Morgan fingerprint density at radius 1 is 0.875 bits per heavy atom. The molecule has 4 rings (SSSR count). The van der Waals surface area contributed by atoms with Crippen molar-refractivity contribution in [1.29, 1.82) is 0 Å². The fourth-order valence-corrected chi connectivity index (χ4v) is 4.74. The molecule has 4 fully saturated rings. The van der Waals surface area contributed by atoms with Gasteiger partial charge in [0.15, 0.2) is 5.79 Å². The molecular weight excluding hydrogens is 306 g/mol. The summed E-state index contributed by atoms with van der Waals surface area (Å²) in [5.74, 6) is -0.338. The molecule has 4 aliphatic rings. The summed E-state index contributed by atoms with van der Waals surface area (Å²) in [7, 11) is 0. The molecular formula is C16H32N7O. The summed E-state index contributed by atoms with van der Waals surface area (Å²) in [4.78, 5) is 7.56. The molecule has 137 valence electrons. The van der Waals surface area contributed by atoms with Gasteiger partial charge in [-0.05, 0) is 6.42 Å². The standard InChI is InChI=1S/C16H32N7O/c24-14-1-8-23(13-14)16(22-11-6-18-7-12-22)15(19-2-3-20-16)21-9-4-17-5-10-21/h14-15,17-19,24H,1-13H2. The second-order valence-corrected chi connectivity index (χ2v) is 7.34. The normalized spacial score (nSPS) is 40.9. The topological polar surface area (TPSA) is 80.1 Å². The summed E-state index contributed by atoms with van der Waals surface area (Å²) in [6, 6.07) is 0. The quantitative estimate of drug-likeness (QED) is 0.438. The van der Waals surface area contributed by atoms with E-state index in [2.05, 4.69) is 30.7 Å². The predicted molar refractivity (Wildman–Crippen MR) is 92.6 cm³/mol. The van der Waals surface area contributed by atoms with Crippen LogP contribution in [0.4, 0.5) is 0 Å². The van der Waals surface area contributed by atoms with E-state index in [1.165, 1.54) is 0 Å². The number of hydrogen-bond donors (Lipinski definition) is 4. The Hall–Kier alpha value is -0.320. The van der Waals surface area contributed by atoms with Crippen LogP contribution in [0.5, 0.6) is 0 Å². The molecule has 0 aromatic carbocycles. The first kappa shape index (κ1) is 17.1. The Morgan fingerprint density at radius 2 is 1.58 bits per heavy atom. The summed E-state index contributed by atoms with van der Waals surface area (Å²) >= 11 is 0. The highest BCUT2D eigenvalue weighted by Crippen LogP contribution is 2.31. The van der Waals surface area contributed by atoms with E-state index in [9.17, 15) is 5.11 Å². The van der Waals surface area contributed by atoms with Gasteiger partial charge >= 0.3 is 0 Å². The zero-order valence-corrected chi connectivity index (χ0v) is 14.6. The lowest BCUT2D eigenvalue weighted by molar-refractivity contribution is -0.160. The Balaban J connectivity index is 1.65. The fourth-order valence-electron chi connectivity index (χ4n) is 4.74. The van der Waals surface area contributed by atoms with Gasteiger partial charge in [-0.2, -0.15) is 0 Å². The van der Waals surface area contributed by atoms with Crippen molar-refractivity contribution in [3.8, 4) is 0 Å². The van der Waals surface area contributed by atoms with E-state index in [1.54, 1.807) is 0 Å². The SMILES string of the molecule is OC1CCN(C2(N3CCNCC3)[N]CCNC2N2CCNCC2)C1. The van der Waals surface area contributed by atoms with Crippen LogP contribution < -0.4 is 21.3 Å². The molecule has 8 nitrogen and oxygen atoms in total. The van der Waals surface area contributed by atoms with Crippen molar-refractivity contribution in [2.75, 3.05) is 78.5 Å². The van der Waals surface area contributed by atoms with Gasteiger partial charge in [0.05, 0.1) is 6.10 Å². The Kier molecular flexibility index (Phi) is 5.35. The van der Waals surface area contributed by atoms with Gasteiger partial charge in [0.25, 0.3) is 0 Å². The first-order valence-corrected chi connectivity index (χ1v) is 9.56. The number of nitrogens with zero attached hydrogens (tertiary/aromatic N) is 4. The lowest BCUT2D eigenvalue weighted by Crippen LogP contribution is -2.82. The van der Waals surface area contributed by atoms with Crippen molar-refractivity contribution in [3.05, 3.63) is 0 Å². The molecule has 1 radical (unpaired) electrons. The summed E-state index contributed by atoms with van der Waals surface area (Å²) in [5, 5.41) is 26.1. The zero-order chi connectivity index (χ0) is 16.4. The molecule has 4 N–H and O–H groups in total. The van der Waals surface area contributed by atoms with Crippen LogP contribution in [0.3, 0.4) is 0 Å². The maximum absolute atomic E-state index is 10.2. The van der Waals surface area contributed by atoms with E-state index >= 15 is 0 Å². The number of piperazine rings is 3. The number of rotatable bonds is 3. The van der Waals surface area contributed by atoms with Crippen LogP contribution in [-0.4, -0.2) is 116 Å². The molecule has 8 heteroatoms. The highest BCUT2D eigenvalue weighted by molar-refractivity contribution is 5.04. The number of nitrogens with one attached hydrogen (secondary N) is 3. The molecule has 3 atom stereocenters. The van der Waals surface area contributed by atoms with Gasteiger partial charge in [0.2, 0.25) is 0 Å². The molecule has 0 aromatic heterocycles. The average Bonchev–Trinajstić information content (AvgIpc) is 3.10. The predicted octanol–water partition coefficient (Wildman–Crippen LogP) is -2.95. The Morgan fingerprint density at radius 3 is 2.25 bits per heavy atom. The van der Waals surface area contributed by atoms with E-state index in [0.717, 1.165) is 85.0 Å². The van der Waals surface area contributed by atoms with E-state index in [1.807, 2.05) is 0 Å². The van der Waals surface area contributed by atoms with Gasteiger partial charge < -0.3 is 15.7 Å². The molecule has 0 saturated carbocycles. The third-order valence-electron chi connectivity index (χ3n) is 5.89. The van der Waals surface area contributed by atoms with Crippen molar-refractivity contribution >= 4 is 0 Å². The molecule has 0 spiro atoms.